The molecule has 1 aliphatic heterocycles. The molecule has 16 heavy (non-hydrogen) atoms. The third-order valence-corrected chi connectivity index (χ3v) is 3.09. The number of likely N-dealkylation sites (tertiary alicyclic amines) is 1. The number of aliphatic hydroxyl groups is 1. The number of nitrogens with one attached hydrogen (secondary N) is 1. The van der Waals surface area contributed by atoms with Crippen LogP contribution in [0.1, 0.15) is 30.3 Å². The first-order chi connectivity index (χ1) is 7.59. The Labute approximate surface area is 93.1 Å². The summed E-state index contributed by atoms with van der Waals surface area (Å²) in [6.07, 6.45) is 2.15. The molecule has 0 radical (unpaired) electrons. The number of nitrogens with zero attached hydrogens (tertiary/aromatic N) is 1. The zero-order chi connectivity index (χ0) is 11.7. The van der Waals surface area contributed by atoms with Crippen LogP contribution in [-0.4, -0.2) is 39.6 Å². The molecule has 1 saturated heterocycles. The summed E-state index contributed by atoms with van der Waals surface area (Å²) in [7, 11) is 0. The van der Waals surface area contributed by atoms with Gasteiger partial charge in [0.2, 0.25) is 0 Å². The Morgan fingerprint density at radius 1 is 1.69 bits per heavy atom. The summed E-state index contributed by atoms with van der Waals surface area (Å²) in [6, 6.07) is 0.961. The summed E-state index contributed by atoms with van der Waals surface area (Å²) in [5.41, 5.74) is 0.235. The molecule has 0 aromatic carbocycles. The zero-order valence-corrected chi connectivity index (χ0v) is 9.11. The van der Waals surface area contributed by atoms with Gasteiger partial charge in [-0.05, 0) is 19.8 Å². The molecule has 1 aromatic heterocycles. The molecule has 0 saturated carbocycles. The predicted molar refractivity (Wildman–Crippen MR) is 56.5 cm³/mol. The molecule has 2 atom stereocenters. The Kier molecular flexibility index (Phi) is 2.96. The number of aromatic nitrogens is 1. The van der Waals surface area contributed by atoms with Crippen LogP contribution in [0.3, 0.4) is 0 Å². The van der Waals surface area contributed by atoms with Crippen molar-refractivity contribution < 1.29 is 14.3 Å². The Hall–Kier alpha value is -1.36. The minimum Gasteiger partial charge on any atom is -0.391 e. The second-order valence-corrected chi connectivity index (χ2v) is 4.18. The van der Waals surface area contributed by atoms with Gasteiger partial charge < -0.3 is 15.0 Å². The lowest BCUT2D eigenvalue weighted by Crippen LogP contribution is -2.49. The van der Waals surface area contributed by atoms with Gasteiger partial charge in [0.1, 0.15) is 11.5 Å². The van der Waals surface area contributed by atoms with Crippen molar-refractivity contribution in [1.82, 2.24) is 9.88 Å². The number of H-pyrrole nitrogens is 1. The van der Waals surface area contributed by atoms with Crippen molar-refractivity contribution in [3.8, 4) is 0 Å². The third kappa shape index (κ3) is 1.95. The van der Waals surface area contributed by atoms with Crippen molar-refractivity contribution >= 4 is 5.91 Å². The van der Waals surface area contributed by atoms with E-state index in [9.17, 15) is 14.3 Å². The molecular weight excluding hydrogens is 211 g/mol. The van der Waals surface area contributed by atoms with Crippen LogP contribution in [0.15, 0.2) is 12.3 Å². The fraction of sp³-hybridized carbons (Fsp3) is 0.545. The Morgan fingerprint density at radius 3 is 3.06 bits per heavy atom. The van der Waals surface area contributed by atoms with Gasteiger partial charge in [-0.3, -0.25) is 4.79 Å². The van der Waals surface area contributed by atoms with Crippen molar-refractivity contribution in [3.05, 3.63) is 23.8 Å². The largest absolute Gasteiger partial charge is 0.391 e. The monoisotopic (exact) mass is 226 g/mol. The molecule has 0 spiro atoms. The normalized spacial score (nSPS) is 25.8. The lowest BCUT2D eigenvalue weighted by atomic mass is 10.00. The molecule has 2 heterocycles. The van der Waals surface area contributed by atoms with E-state index in [0.717, 1.165) is 12.6 Å². The van der Waals surface area contributed by atoms with Gasteiger partial charge in [-0.15, -0.1) is 0 Å². The molecule has 0 aliphatic carbocycles. The summed E-state index contributed by atoms with van der Waals surface area (Å²) in [5.74, 6) is -0.705. The number of aliphatic hydroxyl groups excluding tert-OH is 1. The predicted octanol–water partition coefficient (Wildman–Crippen LogP) is 1.14. The van der Waals surface area contributed by atoms with Crippen molar-refractivity contribution in [2.75, 3.05) is 6.54 Å². The molecule has 5 heteroatoms. The standard InChI is InChI=1S/C11H15FN2O2/c1-7-10(15)3-2-4-14(7)11(16)9-5-8(12)6-13-9/h5-7,10,13,15H,2-4H2,1H3. The van der Waals surface area contributed by atoms with Crippen molar-refractivity contribution in [2.45, 2.75) is 31.9 Å². The smallest absolute Gasteiger partial charge is 0.270 e. The van der Waals surface area contributed by atoms with Gasteiger partial charge >= 0.3 is 0 Å². The minimum absolute atomic E-state index is 0.215. The fourth-order valence-corrected chi connectivity index (χ4v) is 2.06. The maximum atomic E-state index is 12.8. The molecule has 0 bridgehead atoms. The lowest BCUT2D eigenvalue weighted by molar-refractivity contribution is 0.0177. The molecule has 88 valence electrons. The quantitative estimate of drug-likeness (QED) is 0.754. The number of amides is 1. The van der Waals surface area contributed by atoms with Crippen LogP contribution in [0.25, 0.3) is 0 Å². The number of rotatable bonds is 1. The van der Waals surface area contributed by atoms with E-state index in [-0.39, 0.29) is 17.6 Å². The minimum atomic E-state index is -0.488. The average molecular weight is 226 g/mol. The second-order valence-electron chi connectivity index (χ2n) is 4.18. The first-order valence-corrected chi connectivity index (χ1v) is 5.42. The van der Waals surface area contributed by atoms with E-state index >= 15 is 0 Å². The number of carbonyl (C=O) groups excluding carboxylic acids is 1. The van der Waals surface area contributed by atoms with E-state index in [2.05, 4.69) is 4.98 Å². The topological polar surface area (TPSA) is 56.3 Å². The van der Waals surface area contributed by atoms with Crippen molar-refractivity contribution in [3.63, 3.8) is 0 Å². The van der Waals surface area contributed by atoms with Gasteiger partial charge in [0.05, 0.1) is 12.1 Å². The molecule has 2 rings (SSSR count). The fourth-order valence-electron chi connectivity index (χ4n) is 2.06. The van der Waals surface area contributed by atoms with Gasteiger partial charge in [-0.1, -0.05) is 0 Å². The maximum Gasteiger partial charge on any atom is 0.270 e. The van der Waals surface area contributed by atoms with Crippen molar-refractivity contribution in [2.24, 2.45) is 0 Å². The van der Waals surface area contributed by atoms with E-state index in [0.29, 0.717) is 13.0 Å². The summed E-state index contributed by atoms with van der Waals surface area (Å²) in [5, 5.41) is 9.67. The lowest BCUT2D eigenvalue weighted by Gasteiger charge is -2.36. The summed E-state index contributed by atoms with van der Waals surface area (Å²) >= 11 is 0. The van der Waals surface area contributed by atoms with Crippen molar-refractivity contribution in [1.29, 1.82) is 0 Å². The highest BCUT2D eigenvalue weighted by molar-refractivity contribution is 5.92. The second kappa shape index (κ2) is 4.25. The van der Waals surface area contributed by atoms with E-state index in [1.807, 2.05) is 0 Å². The van der Waals surface area contributed by atoms with Gasteiger partial charge in [0.15, 0.2) is 0 Å². The molecule has 1 aliphatic rings. The molecule has 1 fully saturated rings. The van der Waals surface area contributed by atoms with Gasteiger partial charge in [0, 0.05) is 18.8 Å². The first kappa shape index (κ1) is 11.1. The van der Waals surface area contributed by atoms with Crippen LogP contribution in [0.4, 0.5) is 4.39 Å². The Balaban J connectivity index is 2.15. The van der Waals surface area contributed by atoms with Crippen LogP contribution < -0.4 is 0 Å². The van der Waals surface area contributed by atoms with E-state index in [1.165, 1.54) is 6.07 Å². The van der Waals surface area contributed by atoms with Gasteiger partial charge in [0.25, 0.3) is 5.91 Å². The molecule has 4 nitrogen and oxygen atoms in total. The van der Waals surface area contributed by atoms with Gasteiger partial charge in [-0.25, -0.2) is 4.39 Å². The van der Waals surface area contributed by atoms with Crippen LogP contribution in [-0.2, 0) is 0 Å². The zero-order valence-electron chi connectivity index (χ0n) is 9.11. The van der Waals surface area contributed by atoms with Crippen LogP contribution in [0.5, 0.6) is 0 Å². The number of piperidine rings is 1. The van der Waals surface area contributed by atoms with Crippen LogP contribution in [0.2, 0.25) is 0 Å². The highest BCUT2D eigenvalue weighted by Gasteiger charge is 2.30. The van der Waals surface area contributed by atoms with Gasteiger partial charge in [-0.2, -0.15) is 0 Å². The molecule has 1 amide bonds. The third-order valence-electron chi connectivity index (χ3n) is 3.09. The van der Waals surface area contributed by atoms with Crippen LogP contribution in [0, 0.1) is 5.82 Å². The number of halogens is 1. The molecule has 2 N–H and O–H groups in total. The highest BCUT2D eigenvalue weighted by Crippen LogP contribution is 2.19. The summed E-state index contributed by atoms with van der Waals surface area (Å²) in [6.45, 7) is 2.42. The van der Waals surface area contributed by atoms with E-state index < -0.39 is 11.9 Å². The SMILES string of the molecule is CC1C(O)CCCN1C(=O)c1cc(F)c[nH]1. The Morgan fingerprint density at radius 2 is 2.44 bits per heavy atom. The molecule has 1 aromatic rings. The van der Waals surface area contributed by atoms with Crippen LogP contribution >= 0.6 is 0 Å². The molecular formula is C11H15FN2O2. The first-order valence-electron chi connectivity index (χ1n) is 5.42. The van der Waals surface area contributed by atoms with E-state index in [4.69, 9.17) is 0 Å². The number of hydrogen-bond donors (Lipinski definition) is 2. The number of aromatic amines is 1. The van der Waals surface area contributed by atoms with E-state index in [1.54, 1.807) is 11.8 Å². The summed E-state index contributed by atoms with van der Waals surface area (Å²) < 4.78 is 12.8. The average Bonchev–Trinajstić information content (AvgIpc) is 2.68. The number of hydrogen-bond acceptors (Lipinski definition) is 2. The molecule has 2 unspecified atom stereocenters. The highest BCUT2D eigenvalue weighted by atomic mass is 19.1. The maximum absolute atomic E-state index is 12.8. The number of carbonyl (C=O) groups is 1. The Bertz CT molecular complexity index is 391. The summed E-state index contributed by atoms with van der Waals surface area (Å²) in [4.78, 5) is 16.2.